The number of halogens is 1. The van der Waals surface area contributed by atoms with E-state index in [1.54, 1.807) is 0 Å². The van der Waals surface area contributed by atoms with Gasteiger partial charge in [-0.3, -0.25) is 0 Å². The third-order valence-corrected chi connectivity index (χ3v) is 3.35. The number of hydrogen-bond acceptors (Lipinski definition) is 3. The molecule has 0 amide bonds. The van der Waals surface area contributed by atoms with Crippen molar-refractivity contribution in [2.75, 3.05) is 5.75 Å². The van der Waals surface area contributed by atoms with Gasteiger partial charge in [-0.25, -0.2) is 0 Å². The molecule has 78 valence electrons. The van der Waals surface area contributed by atoms with Gasteiger partial charge in [-0.15, -0.1) is 3.89 Å². The van der Waals surface area contributed by atoms with Crippen molar-refractivity contribution in [2.24, 2.45) is 11.7 Å². The highest BCUT2D eigenvalue weighted by Crippen LogP contribution is 2.28. The molecule has 2 N–H and O–H groups in total. The number of hydrogen-bond donors (Lipinski definition) is 1. The van der Waals surface area contributed by atoms with E-state index in [9.17, 15) is 12.3 Å². The highest BCUT2D eigenvalue weighted by atomic mass is 32.3. The van der Waals surface area contributed by atoms with Crippen LogP contribution in [0.2, 0.25) is 0 Å². The van der Waals surface area contributed by atoms with E-state index in [1.807, 2.05) is 0 Å². The molecule has 3 nitrogen and oxygen atoms in total. The molecular weight excluding hydrogens is 193 g/mol. The fourth-order valence-electron chi connectivity index (χ4n) is 2.00. The summed E-state index contributed by atoms with van der Waals surface area (Å²) >= 11 is 0. The molecule has 0 aromatic heterocycles. The van der Waals surface area contributed by atoms with E-state index < -0.39 is 22.0 Å². The summed E-state index contributed by atoms with van der Waals surface area (Å²) < 4.78 is 32.7. The van der Waals surface area contributed by atoms with E-state index in [0.29, 0.717) is 12.3 Å². The summed E-state index contributed by atoms with van der Waals surface area (Å²) in [7, 11) is -4.39. The Hall–Kier alpha value is -0.160. The van der Waals surface area contributed by atoms with Crippen molar-refractivity contribution < 1.29 is 12.3 Å². The smallest absolute Gasteiger partial charge is 0.303 e. The zero-order valence-electron chi connectivity index (χ0n) is 7.58. The molecule has 1 atom stereocenters. The van der Waals surface area contributed by atoms with E-state index in [1.165, 1.54) is 12.8 Å². The van der Waals surface area contributed by atoms with Gasteiger partial charge in [0.1, 0.15) is 0 Å². The molecular formula is C8H16FNO2S. The predicted octanol–water partition coefficient (Wildman–Crippen LogP) is 1.19. The molecule has 0 radical (unpaired) electrons. The zero-order valence-corrected chi connectivity index (χ0v) is 8.39. The maximum Gasteiger partial charge on any atom is 0.303 e. The molecule has 1 fully saturated rings. The Bertz CT molecular complexity index is 247. The van der Waals surface area contributed by atoms with Crippen LogP contribution in [0, 0.1) is 5.92 Å². The molecule has 13 heavy (non-hydrogen) atoms. The summed E-state index contributed by atoms with van der Waals surface area (Å²) in [5, 5.41) is 0. The Labute approximate surface area is 78.7 Å². The van der Waals surface area contributed by atoms with Gasteiger partial charge in [0.2, 0.25) is 0 Å². The van der Waals surface area contributed by atoms with Gasteiger partial charge in [0.15, 0.2) is 0 Å². The van der Waals surface area contributed by atoms with E-state index in [-0.39, 0.29) is 0 Å². The standard InChI is InChI=1S/C8H16FNO2S/c9-13(11,12)6-8(10)5-7-3-1-2-4-7/h7-8H,1-6,10H2. The largest absolute Gasteiger partial charge is 0.327 e. The van der Waals surface area contributed by atoms with Crippen molar-refractivity contribution in [3.8, 4) is 0 Å². The van der Waals surface area contributed by atoms with E-state index in [2.05, 4.69) is 0 Å². The van der Waals surface area contributed by atoms with Crippen LogP contribution < -0.4 is 5.73 Å². The van der Waals surface area contributed by atoms with Crippen LogP contribution in [0.15, 0.2) is 0 Å². The second-order valence-electron chi connectivity index (χ2n) is 3.85. The summed E-state index contributed by atoms with van der Waals surface area (Å²) in [5.74, 6) is -0.0134. The van der Waals surface area contributed by atoms with Crippen LogP contribution in [0.25, 0.3) is 0 Å². The van der Waals surface area contributed by atoms with Crippen molar-refractivity contribution in [3.63, 3.8) is 0 Å². The van der Waals surface area contributed by atoms with Gasteiger partial charge in [0.25, 0.3) is 0 Å². The lowest BCUT2D eigenvalue weighted by molar-refractivity contribution is 0.452. The Morgan fingerprint density at radius 2 is 1.92 bits per heavy atom. The van der Waals surface area contributed by atoms with Gasteiger partial charge in [-0.1, -0.05) is 25.7 Å². The van der Waals surface area contributed by atoms with Crippen LogP contribution >= 0.6 is 0 Å². The normalized spacial score (nSPS) is 22.0. The van der Waals surface area contributed by atoms with Gasteiger partial charge in [0, 0.05) is 6.04 Å². The fourth-order valence-corrected chi connectivity index (χ4v) is 2.65. The SMILES string of the molecule is NC(CC1CCCC1)CS(=O)(=O)F. The van der Waals surface area contributed by atoms with Crippen LogP contribution in [0.3, 0.4) is 0 Å². The Morgan fingerprint density at radius 3 is 2.38 bits per heavy atom. The summed E-state index contributed by atoms with van der Waals surface area (Å²) in [5.41, 5.74) is 5.52. The Morgan fingerprint density at radius 1 is 1.38 bits per heavy atom. The minimum atomic E-state index is -4.39. The lowest BCUT2D eigenvalue weighted by atomic mass is 10.00. The van der Waals surface area contributed by atoms with Gasteiger partial charge in [-0.05, 0) is 12.3 Å². The maximum absolute atomic E-state index is 12.2. The Kier molecular flexibility index (Phi) is 3.67. The van der Waals surface area contributed by atoms with Crippen LogP contribution in [0.4, 0.5) is 3.89 Å². The highest BCUT2D eigenvalue weighted by molar-refractivity contribution is 7.86. The summed E-state index contributed by atoms with van der Waals surface area (Å²) in [4.78, 5) is 0. The molecule has 5 heteroatoms. The first kappa shape index (κ1) is 10.9. The van der Waals surface area contributed by atoms with Crippen molar-refractivity contribution >= 4 is 10.2 Å². The zero-order chi connectivity index (χ0) is 9.90. The minimum Gasteiger partial charge on any atom is -0.327 e. The molecule has 1 unspecified atom stereocenters. The monoisotopic (exact) mass is 209 g/mol. The van der Waals surface area contributed by atoms with Gasteiger partial charge in [0.05, 0.1) is 5.75 Å². The molecule has 0 aromatic rings. The third kappa shape index (κ3) is 4.57. The van der Waals surface area contributed by atoms with Crippen LogP contribution in [-0.4, -0.2) is 20.2 Å². The van der Waals surface area contributed by atoms with Crippen LogP contribution in [0.5, 0.6) is 0 Å². The van der Waals surface area contributed by atoms with Gasteiger partial charge >= 0.3 is 10.2 Å². The van der Waals surface area contributed by atoms with E-state index in [0.717, 1.165) is 12.8 Å². The van der Waals surface area contributed by atoms with Crippen molar-refractivity contribution in [1.82, 2.24) is 0 Å². The van der Waals surface area contributed by atoms with Crippen molar-refractivity contribution in [1.29, 1.82) is 0 Å². The Balaban J connectivity index is 2.28. The lowest BCUT2D eigenvalue weighted by Gasteiger charge is -2.13. The third-order valence-electron chi connectivity index (χ3n) is 2.52. The summed E-state index contributed by atoms with van der Waals surface area (Å²) in [6.07, 6.45) is 5.25. The topological polar surface area (TPSA) is 60.2 Å². The molecule has 1 aliphatic carbocycles. The first-order valence-corrected chi connectivity index (χ1v) is 6.20. The first-order valence-electron chi connectivity index (χ1n) is 4.65. The first-order chi connectivity index (χ1) is 5.97. The predicted molar refractivity (Wildman–Crippen MR) is 49.4 cm³/mol. The summed E-state index contributed by atoms with van der Waals surface area (Å²) in [6, 6.07) is -0.530. The number of nitrogens with two attached hydrogens (primary N) is 1. The van der Waals surface area contributed by atoms with E-state index in [4.69, 9.17) is 5.73 Å². The minimum absolute atomic E-state index is 0.511. The second-order valence-corrected chi connectivity index (χ2v) is 5.26. The quantitative estimate of drug-likeness (QED) is 0.707. The average Bonchev–Trinajstić information content (AvgIpc) is 2.34. The van der Waals surface area contributed by atoms with Crippen molar-refractivity contribution in [2.45, 2.75) is 38.1 Å². The number of rotatable bonds is 4. The molecule has 0 aliphatic heterocycles. The maximum atomic E-state index is 12.2. The molecule has 0 saturated heterocycles. The molecule has 0 heterocycles. The summed E-state index contributed by atoms with van der Waals surface area (Å²) in [6.45, 7) is 0. The molecule has 1 saturated carbocycles. The van der Waals surface area contributed by atoms with Crippen LogP contribution in [-0.2, 0) is 10.2 Å². The molecule has 0 bridgehead atoms. The molecule has 0 aromatic carbocycles. The molecule has 1 rings (SSSR count). The molecule has 1 aliphatic rings. The van der Waals surface area contributed by atoms with Gasteiger partial charge < -0.3 is 5.73 Å². The van der Waals surface area contributed by atoms with Gasteiger partial charge in [-0.2, -0.15) is 8.42 Å². The van der Waals surface area contributed by atoms with Crippen molar-refractivity contribution in [3.05, 3.63) is 0 Å². The lowest BCUT2D eigenvalue weighted by Crippen LogP contribution is -2.29. The average molecular weight is 209 g/mol. The fraction of sp³-hybridized carbons (Fsp3) is 1.00. The van der Waals surface area contributed by atoms with E-state index >= 15 is 0 Å². The van der Waals surface area contributed by atoms with Crippen LogP contribution in [0.1, 0.15) is 32.1 Å². The second kappa shape index (κ2) is 4.37. The molecule has 0 spiro atoms. The highest BCUT2D eigenvalue weighted by Gasteiger charge is 2.21.